The van der Waals surface area contributed by atoms with E-state index in [-0.39, 0.29) is 18.4 Å². The first-order valence-electron chi connectivity index (χ1n) is 5.73. The van der Waals surface area contributed by atoms with Crippen LogP contribution in [-0.2, 0) is 19.4 Å². The molecule has 5 nitrogen and oxygen atoms in total. The first-order chi connectivity index (χ1) is 9.27. The van der Waals surface area contributed by atoms with Gasteiger partial charge in [0.2, 0.25) is 9.84 Å². The fraction of sp³-hybridized carbons (Fsp3) is 0.417. The number of carbonyl (C=O) groups is 1. The Morgan fingerprint density at radius 2 is 1.85 bits per heavy atom. The summed E-state index contributed by atoms with van der Waals surface area (Å²) in [6, 6.07) is 4.68. The number of sulfone groups is 1. The minimum Gasteiger partial charge on any atom is -0.469 e. The van der Waals surface area contributed by atoms with Crippen LogP contribution in [0.25, 0.3) is 0 Å². The minimum atomic E-state index is -4.58. The molecule has 8 heteroatoms. The van der Waals surface area contributed by atoms with E-state index in [9.17, 15) is 22.0 Å². The van der Waals surface area contributed by atoms with E-state index in [1.54, 1.807) is 6.92 Å². The Bertz CT molecular complexity index is 557. The summed E-state index contributed by atoms with van der Waals surface area (Å²) in [5.41, 5.74) is 0.523. The van der Waals surface area contributed by atoms with E-state index >= 15 is 0 Å². The predicted molar refractivity (Wildman–Crippen MR) is 69.3 cm³/mol. The number of hydrogen-bond donors (Lipinski definition) is 1. The van der Waals surface area contributed by atoms with Gasteiger partial charge in [0.15, 0.2) is 0 Å². The lowest BCUT2D eigenvalue weighted by Gasteiger charge is -2.14. The number of alkyl halides is 2. The molecule has 0 aliphatic carbocycles. The van der Waals surface area contributed by atoms with Crippen molar-refractivity contribution in [3.05, 3.63) is 24.3 Å². The summed E-state index contributed by atoms with van der Waals surface area (Å²) < 4.78 is 51.6. The molecule has 1 aromatic rings. The summed E-state index contributed by atoms with van der Waals surface area (Å²) in [6.45, 7) is 1.74. The van der Waals surface area contributed by atoms with Gasteiger partial charge in [-0.25, -0.2) is 8.42 Å². The van der Waals surface area contributed by atoms with Gasteiger partial charge in [-0.1, -0.05) is 0 Å². The number of halogens is 2. The van der Waals surface area contributed by atoms with E-state index < -0.39 is 20.5 Å². The molecule has 1 N–H and O–H groups in total. The van der Waals surface area contributed by atoms with Crippen LogP contribution in [0.2, 0.25) is 0 Å². The molecule has 1 aromatic carbocycles. The molecule has 0 aliphatic heterocycles. The fourth-order valence-electron chi connectivity index (χ4n) is 1.51. The number of hydrogen-bond acceptors (Lipinski definition) is 5. The van der Waals surface area contributed by atoms with Crippen LogP contribution in [0.5, 0.6) is 0 Å². The Balaban J connectivity index is 2.75. The molecule has 1 unspecified atom stereocenters. The van der Waals surface area contributed by atoms with Crippen molar-refractivity contribution < 1.29 is 26.7 Å². The van der Waals surface area contributed by atoms with Crippen molar-refractivity contribution in [3.63, 3.8) is 0 Å². The zero-order chi connectivity index (χ0) is 15.3. The van der Waals surface area contributed by atoms with Gasteiger partial charge in [-0.05, 0) is 31.2 Å². The lowest BCUT2D eigenvalue weighted by molar-refractivity contribution is -0.140. The Hall–Kier alpha value is -1.70. The zero-order valence-electron chi connectivity index (χ0n) is 11.0. The van der Waals surface area contributed by atoms with E-state index in [1.807, 2.05) is 0 Å². The maximum Gasteiger partial charge on any atom is 0.341 e. The highest BCUT2D eigenvalue weighted by Gasteiger charge is 2.26. The maximum atomic E-state index is 12.3. The molecule has 0 amide bonds. The average molecular weight is 307 g/mol. The summed E-state index contributed by atoms with van der Waals surface area (Å²) in [6.07, 6.45) is 0.133. The summed E-state index contributed by atoms with van der Waals surface area (Å²) >= 11 is 0. The second-order valence-electron chi connectivity index (χ2n) is 4.16. The van der Waals surface area contributed by atoms with Crippen LogP contribution in [0.1, 0.15) is 13.3 Å². The molecule has 0 fully saturated rings. The van der Waals surface area contributed by atoms with E-state index in [1.165, 1.54) is 19.2 Å². The monoisotopic (exact) mass is 307 g/mol. The van der Waals surface area contributed by atoms with Crippen molar-refractivity contribution >= 4 is 21.5 Å². The van der Waals surface area contributed by atoms with Gasteiger partial charge < -0.3 is 10.1 Å². The van der Waals surface area contributed by atoms with Crippen LogP contribution in [0.4, 0.5) is 14.5 Å². The number of carbonyl (C=O) groups excluding carboxylic acids is 1. The molecule has 1 atom stereocenters. The number of esters is 1. The minimum absolute atomic E-state index is 0.133. The van der Waals surface area contributed by atoms with Gasteiger partial charge in [-0.2, -0.15) is 8.78 Å². The van der Waals surface area contributed by atoms with Gasteiger partial charge in [0.25, 0.3) is 0 Å². The molecule has 0 radical (unpaired) electrons. The van der Waals surface area contributed by atoms with Crippen LogP contribution in [0.3, 0.4) is 0 Å². The summed E-state index contributed by atoms with van der Waals surface area (Å²) in [5, 5.41) is 2.93. The van der Waals surface area contributed by atoms with E-state index in [2.05, 4.69) is 10.1 Å². The molecular weight excluding hydrogens is 292 g/mol. The Morgan fingerprint density at radius 1 is 1.30 bits per heavy atom. The van der Waals surface area contributed by atoms with Crippen molar-refractivity contribution in [2.24, 2.45) is 0 Å². The third kappa shape index (κ3) is 4.16. The van der Waals surface area contributed by atoms with E-state index in [4.69, 9.17) is 0 Å². The number of anilines is 1. The number of rotatable bonds is 6. The number of ether oxygens (including phenoxy) is 1. The molecule has 112 valence electrons. The third-order valence-corrected chi connectivity index (χ3v) is 3.93. The first-order valence-corrected chi connectivity index (χ1v) is 7.27. The summed E-state index contributed by atoms with van der Waals surface area (Å²) in [5.74, 6) is -3.83. The summed E-state index contributed by atoms with van der Waals surface area (Å²) in [7, 11) is -3.30. The topological polar surface area (TPSA) is 72.5 Å². The van der Waals surface area contributed by atoms with Gasteiger partial charge in [0, 0.05) is 11.7 Å². The van der Waals surface area contributed by atoms with Gasteiger partial charge in [0.1, 0.15) is 0 Å². The summed E-state index contributed by atoms with van der Waals surface area (Å²) in [4.78, 5) is 10.6. The van der Waals surface area contributed by atoms with Crippen molar-refractivity contribution in [2.45, 2.75) is 30.0 Å². The van der Waals surface area contributed by atoms with Crippen LogP contribution >= 0.6 is 0 Å². The molecule has 0 aromatic heterocycles. The largest absolute Gasteiger partial charge is 0.469 e. The standard InChI is InChI=1S/C12H15F2NO4S/c1-8(7-11(16)19-2)15-9-3-5-10(6-4-9)20(17,18)12(13)14/h3-6,8,12,15H,7H2,1-2H3. The quantitative estimate of drug-likeness (QED) is 0.814. The molecule has 0 aliphatic rings. The van der Waals surface area contributed by atoms with Gasteiger partial charge in [0.05, 0.1) is 18.4 Å². The van der Waals surface area contributed by atoms with Crippen molar-refractivity contribution in [1.29, 1.82) is 0 Å². The number of nitrogens with one attached hydrogen (secondary N) is 1. The zero-order valence-corrected chi connectivity index (χ0v) is 11.8. The van der Waals surface area contributed by atoms with Crippen LogP contribution in [-0.4, -0.2) is 33.3 Å². The molecule has 0 heterocycles. The van der Waals surface area contributed by atoms with Crippen LogP contribution in [0.15, 0.2) is 29.2 Å². The van der Waals surface area contributed by atoms with Crippen LogP contribution < -0.4 is 5.32 Å². The fourth-order valence-corrected chi connectivity index (χ4v) is 2.23. The van der Waals surface area contributed by atoms with Crippen molar-refractivity contribution in [3.8, 4) is 0 Å². The number of methoxy groups -OCH3 is 1. The SMILES string of the molecule is COC(=O)CC(C)Nc1ccc(S(=O)(=O)C(F)F)cc1. The maximum absolute atomic E-state index is 12.3. The van der Waals surface area contributed by atoms with Crippen LogP contribution in [0, 0.1) is 0 Å². The molecule has 20 heavy (non-hydrogen) atoms. The lowest BCUT2D eigenvalue weighted by atomic mass is 10.2. The Morgan fingerprint density at radius 3 is 2.30 bits per heavy atom. The third-order valence-electron chi connectivity index (χ3n) is 2.53. The molecule has 1 rings (SSSR count). The predicted octanol–water partition coefficient (Wildman–Crippen LogP) is 2.05. The average Bonchev–Trinajstić information content (AvgIpc) is 2.38. The highest BCUT2D eigenvalue weighted by atomic mass is 32.2. The van der Waals surface area contributed by atoms with Gasteiger partial charge >= 0.3 is 11.7 Å². The first kappa shape index (κ1) is 16.4. The molecule has 0 spiro atoms. The second-order valence-corrected chi connectivity index (χ2v) is 6.07. The smallest absolute Gasteiger partial charge is 0.341 e. The highest BCUT2D eigenvalue weighted by molar-refractivity contribution is 7.91. The lowest BCUT2D eigenvalue weighted by Crippen LogP contribution is -2.20. The number of benzene rings is 1. The molecule has 0 bridgehead atoms. The molecular formula is C12H15F2NO4S. The highest BCUT2D eigenvalue weighted by Crippen LogP contribution is 2.20. The van der Waals surface area contributed by atoms with Crippen molar-refractivity contribution in [2.75, 3.05) is 12.4 Å². The van der Waals surface area contributed by atoms with Gasteiger partial charge in [-0.15, -0.1) is 0 Å². The normalized spacial score (nSPS) is 13.1. The molecule has 0 saturated heterocycles. The van der Waals surface area contributed by atoms with Gasteiger partial charge in [-0.3, -0.25) is 4.79 Å². The van der Waals surface area contributed by atoms with E-state index in [0.29, 0.717) is 5.69 Å². The Labute approximate surface area is 115 Å². The van der Waals surface area contributed by atoms with Crippen molar-refractivity contribution in [1.82, 2.24) is 0 Å². The Kier molecular flexibility index (Phi) is 5.43. The van der Waals surface area contributed by atoms with E-state index in [0.717, 1.165) is 12.1 Å². The molecule has 0 saturated carbocycles. The second kappa shape index (κ2) is 6.65.